The summed E-state index contributed by atoms with van der Waals surface area (Å²) in [5.74, 6) is 1.12. The summed E-state index contributed by atoms with van der Waals surface area (Å²) in [5, 5.41) is 12.1. The molecule has 4 fully saturated rings. The first-order chi connectivity index (χ1) is 9.39. The first kappa shape index (κ1) is 13.9. The lowest BCUT2D eigenvalue weighted by atomic mass is 9.49. The standard InChI is InChI=1S/C16H25NO3/c1-9(2)13(14(18)19)17-15(20)16-6-10-3-11(7-16)5-12(4-10)8-16/h9-13H,3-8H2,1-2H3,(H,17,20)(H,18,19)/t10?,11?,12?,13-,16?/m1/s1. The normalized spacial score (nSPS) is 39.9. The molecule has 1 atom stereocenters. The molecular weight excluding hydrogens is 254 g/mol. The molecule has 0 aromatic rings. The molecule has 0 aromatic carbocycles. The average Bonchev–Trinajstić information content (AvgIpc) is 2.32. The van der Waals surface area contributed by atoms with Crippen LogP contribution in [0.1, 0.15) is 52.4 Å². The Bertz CT molecular complexity index is 394. The van der Waals surface area contributed by atoms with E-state index in [0.29, 0.717) is 17.8 Å². The molecule has 0 radical (unpaired) electrons. The molecule has 2 N–H and O–H groups in total. The fraction of sp³-hybridized carbons (Fsp3) is 0.875. The van der Waals surface area contributed by atoms with Crippen LogP contribution in [-0.2, 0) is 9.59 Å². The lowest BCUT2D eigenvalue weighted by molar-refractivity contribution is -0.152. The van der Waals surface area contributed by atoms with Crippen LogP contribution in [-0.4, -0.2) is 23.0 Å². The smallest absolute Gasteiger partial charge is 0.326 e. The van der Waals surface area contributed by atoms with Gasteiger partial charge in [-0.3, -0.25) is 4.79 Å². The number of rotatable bonds is 4. The van der Waals surface area contributed by atoms with E-state index in [0.717, 1.165) is 19.3 Å². The van der Waals surface area contributed by atoms with Crippen LogP contribution in [0.4, 0.5) is 0 Å². The summed E-state index contributed by atoms with van der Waals surface area (Å²) >= 11 is 0. The molecule has 4 aliphatic rings. The summed E-state index contributed by atoms with van der Waals surface area (Å²) in [6.07, 6.45) is 6.82. The van der Waals surface area contributed by atoms with E-state index in [2.05, 4.69) is 5.32 Å². The van der Waals surface area contributed by atoms with Gasteiger partial charge in [0.15, 0.2) is 0 Å². The van der Waals surface area contributed by atoms with Crippen molar-refractivity contribution in [3.63, 3.8) is 0 Å². The largest absolute Gasteiger partial charge is 0.480 e. The molecule has 4 aliphatic carbocycles. The molecule has 4 heteroatoms. The predicted octanol–water partition coefficient (Wildman–Crippen LogP) is 2.43. The highest BCUT2D eigenvalue weighted by Gasteiger charge is 2.55. The van der Waals surface area contributed by atoms with Crippen LogP contribution in [0.5, 0.6) is 0 Å². The molecule has 4 saturated carbocycles. The topological polar surface area (TPSA) is 66.4 Å². The van der Waals surface area contributed by atoms with Crippen molar-refractivity contribution in [1.29, 1.82) is 0 Å². The summed E-state index contributed by atoms with van der Waals surface area (Å²) in [6.45, 7) is 3.69. The molecule has 20 heavy (non-hydrogen) atoms. The molecule has 0 aromatic heterocycles. The third-order valence-corrected chi connectivity index (χ3v) is 5.74. The second-order valence-electron chi connectivity index (χ2n) is 7.73. The number of carbonyl (C=O) groups excluding carboxylic acids is 1. The molecule has 4 rings (SSSR count). The zero-order valence-electron chi connectivity index (χ0n) is 12.4. The van der Waals surface area contributed by atoms with Gasteiger partial charge in [0.1, 0.15) is 6.04 Å². The number of hydrogen-bond acceptors (Lipinski definition) is 2. The van der Waals surface area contributed by atoms with Crippen molar-refractivity contribution >= 4 is 11.9 Å². The van der Waals surface area contributed by atoms with Crippen LogP contribution in [0.2, 0.25) is 0 Å². The maximum atomic E-state index is 12.7. The van der Waals surface area contributed by atoms with Gasteiger partial charge in [-0.25, -0.2) is 4.79 Å². The summed E-state index contributed by atoms with van der Waals surface area (Å²) < 4.78 is 0. The van der Waals surface area contributed by atoms with Gasteiger partial charge in [0.2, 0.25) is 5.91 Å². The van der Waals surface area contributed by atoms with Crippen LogP contribution in [0.15, 0.2) is 0 Å². The quantitative estimate of drug-likeness (QED) is 0.830. The fourth-order valence-corrected chi connectivity index (χ4v) is 5.20. The van der Waals surface area contributed by atoms with Gasteiger partial charge in [-0.2, -0.15) is 0 Å². The zero-order chi connectivity index (χ0) is 14.5. The molecular formula is C16H25NO3. The molecule has 1 amide bonds. The van der Waals surface area contributed by atoms with E-state index in [1.165, 1.54) is 19.3 Å². The molecule has 4 nitrogen and oxygen atoms in total. The molecule has 0 aliphatic heterocycles. The second-order valence-corrected chi connectivity index (χ2v) is 7.73. The highest BCUT2D eigenvalue weighted by molar-refractivity contribution is 5.88. The van der Waals surface area contributed by atoms with E-state index < -0.39 is 12.0 Å². The van der Waals surface area contributed by atoms with Gasteiger partial charge in [-0.05, 0) is 62.2 Å². The third kappa shape index (κ3) is 2.23. The van der Waals surface area contributed by atoms with Gasteiger partial charge >= 0.3 is 5.97 Å². The van der Waals surface area contributed by atoms with Crippen LogP contribution in [0.25, 0.3) is 0 Å². The minimum absolute atomic E-state index is 0.0118. The maximum Gasteiger partial charge on any atom is 0.326 e. The Kier molecular flexibility index (Phi) is 3.30. The van der Waals surface area contributed by atoms with Crippen molar-refractivity contribution in [3.05, 3.63) is 0 Å². The number of carboxylic acid groups (broad SMARTS) is 1. The van der Waals surface area contributed by atoms with E-state index in [-0.39, 0.29) is 17.2 Å². The van der Waals surface area contributed by atoms with Crippen molar-refractivity contribution in [2.24, 2.45) is 29.1 Å². The van der Waals surface area contributed by atoms with E-state index >= 15 is 0 Å². The van der Waals surface area contributed by atoms with Gasteiger partial charge in [-0.15, -0.1) is 0 Å². The van der Waals surface area contributed by atoms with Crippen molar-refractivity contribution in [3.8, 4) is 0 Å². The first-order valence-corrected chi connectivity index (χ1v) is 7.93. The van der Waals surface area contributed by atoms with Crippen molar-refractivity contribution < 1.29 is 14.7 Å². The lowest BCUT2D eigenvalue weighted by Crippen LogP contribution is -2.57. The van der Waals surface area contributed by atoms with Gasteiger partial charge in [-0.1, -0.05) is 13.8 Å². The Labute approximate surface area is 120 Å². The van der Waals surface area contributed by atoms with Crippen molar-refractivity contribution in [2.45, 2.75) is 58.4 Å². The average molecular weight is 279 g/mol. The Morgan fingerprint density at radius 2 is 1.50 bits per heavy atom. The number of aliphatic carboxylic acids is 1. The first-order valence-electron chi connectivity index (χ1n) is 7.93. The summed E-state index contributed by atoms with van der Waals surface area (Å²) in [5.41, 5.74) is -0.253. The van der Waals surface area contributed by atoms with Crippen LogP contribution in [0, 0.1) is 29.1 Å². The molecule has 4 bridgehead atoms. The highest BCUT2D eigenvalue weighted by atomic mass is 16.4. The Morgan fingerprint density at radius 1 is 1.05 bits per heavy atom. The Morgan fingerprint density at radius 3 is 1.85 bits per heavy atom. The number of carbonyl (C=O) groups is 2. The molecule has 0 heterocycles. The second kappa shape index (κ2) is 4.74. The molecule has 112 valence electrons. The Balaban J connectivity index is 1.75. The summed E-state index contributed by atoms with van der Waals surface area (Å²) in [6, 6.07) is -0.754. The van der Waals surface area contributed by atoms with Gasteiger partial charge in [0, 0.05) is 5.41 Å². The maximum absolute atomic E-state index is 12.7. The predicted molar refractivity (Wildman–Crippen MR) is 75.0 cm³/mol. The van der Waals surface area contributed by atoms with Gasteiger partial charge < -0.3 is 10.4 Å². The number of carboxylic acids is 1. The molecule has 0 spiro atoms. The lowest BCUT2D eigenvalue weighted by Gasteiger charge is -2.55. The van der Waals surface area contributed by atoms with E-state index in [1.807, 2.05) is 13.8 Å². The zero-order valence-corrected chi connectivity index (χ0v) is 12.4. The monoisotopic (exact) mass is 279 g/mol. The molecule has 0 saturated heterocycles. The summed E-state index contributed by atoms with van der Waals surface area (Å²) in [4.78, 5) is 24.0. The van der Waals surface area contributed by atoms with Crippen LogP contribution >= 0.6 is 0 Å². The van der Waals surface area contributed by atoms with E-state index in [9.17, 15) is 14.7 Å². The van der Waals surface area contributed by atoms with Crippen LogP contribution < -0.4 is 5.32 Å². The van der Waals surface area contributed by atoms with Crippen LogP contribution in [0.3, 0.4) is 0 Å². The van der Waals surface area contributed by atoms with Gasteiger partial charge in [0.05, 0.1) is 0 Å². The number of amides is 1. The minimum Gasteiger partial charge on any atom is -0.480 e. The van der Waals surface area contributed by atoms with Crippen molar-refractivity contribution in [2.75, 3.05) is 0 Å². The highest BCUT2D eigenvalue weighted by Crippen LogP contribution is 2.60. The molecule has 0 unspecified atom stereocenters. The SMILES string of the molecule is CC(C)[C@@H](NC(=O)C12CC3CC(CC(C3)C1)C2)C(=O)O. The minimum atomic E-state index is -0.918. The number of nitrogens with one attached hydrogen (secondary N) is 1. The fourth-order valence-electron chi connectivity index (χ4n) is 5.20. The van der Waals surface area contributed by atoms with E-state index in [4.69, 9.17) is 0 Å². The third-order valence-electron chi connectivity index (χ3n) is 5.74. The van der Waals surface area contributed by atoms with Gasteiger partial charge in [0.25, 0.3) is 0 Å². The number of hydrogen-bond donors (Lipinski definition) is 2. The van der Waals surface area contributed by atoms with Crippen molar-refractivity contribution in [1.82, 2.24) is 5.32 Å². The summed E-state index contributed by atoms with van der Waals surface area (Å²) in [7, 11) is 0. The Hall–Kier alpha value is -1.06. The van der Waals surface area contributed by atoms with E-state index in [1.54, 1.807) is 0 Å².